The van der Waals surface area contributed by atoms with E-state index in [2.05, 4.69) is 10.6 Å². The molecule has 0 spiro atoms. The van der Waals surface area contributed by atoms with Crippen LogP contribution >= 0.6 is 0 Å². The lowest BCUT2D eigenvalue weighted by Crippen LogP contribution is -2.40. The normalized spacial score (nSPS) is 12.3. The zero-order chi connectivity index (χ0) is 12.1. The van der Waals surface area contributed by atoms with Gasteiger partial charge >= 0.3 is 0 Å². The summed E-state index contributed by atoms with van der Waals surface area (Å²) in [5.41, 5.74) is 2.16. The molecule has 0 radical (unpaired) electrons. The lowest BCUT2D eigenvalue weighted by Gasteiger charge is -2.17. The quantitative estimate of drug-likeness (QED) is 0.817. The Morgan fingerprint density at radius 1 is 1.25 bits per heavy atom. The van der Waals surface area contributed by atoms with Crippen molar-refractivity contribution in [3.8, 4) is 0 Å². The molecule has 88 valence electrons. The van der Waals surface area contributed by atoms with Crippen LogP contribution in [0.2, 0.25) is 0 Å². The summed E-state index contributed by atoms with van der Waals surface area (Å²) in [6.07, 6.45) is 0. The van der Waals surface area contributed by atoms with Crippen molar-refractivity contribution in [1.82, 2.24) is 5.32 Å². The number of hydrogen-bond acceptors (Lipinski definition) is 2. The highest BCUT2D eigenvalue weighted by atomic mass is 16.2. The number of nitrogens with one attached hydrogen (secondary N) is 2. The maximum atomic E-state index is 11.7. The molecule has 3 nitrogen and oxygen atoms in total. The molecule has 0 aliphatic heterocycles. The molecule has 2 N–H and O–H groups in total. The van der Waals surface area contributed by atoms with Gasteiger partial charge in [0.15, 0.2) is 0 Å². The maximum Gasteiger partial charge on any atom is 0.242 e. The van der Waals surface area contributed by atoms with Gasteiger partial charge < -0.3 is 10.6 Å². The summed E-state index contributed by atoms with van der Waals surface area (Å²) in [4.78, 5) is 11.7. The van der Waals surface area contributed by atoms with Crippen molar-refractivity contribution in [3.63, 3.8) is 0 Å². The lowest BCUT2D eigenvalue weighted by atomic mass is 10.2. The molecular formula is C13H20N2O. The van der Waals surface area contributed by atoms with Gasteiger partial charge in [0.05, 0.1) is 0 Å². The van der Waals surface area contributed by atoms with Crippen molar-refractivity contribution in [2.75, 3.05) is 5.32 Å². The molecule has 1 aromatic carbocycles. The Balaban J connectivity index is 2.57. The van der Waals surface area contributed by atoms with Crippen LogP contribution in [0.1, 0.15) is 26.3 Å². The minimum Gasteiger partial charge on any atom is -0.374 e. The van der Waals surface area contributed by atoms with E-state index in [0.29, 0.717) is 0 Å². The van der Waals surface area contributed by atoms with Crippen molar-refractivity contribution in [3.05, 3.63) is 29.8 Å². The van der Waals surface area contributed by atoms with E-state index in [9.17, 15) is 4.79 Å². The molecule has 0 aromatic heterocycles. The van der Waals surface area contributed by atoms with Crippen LogP contribution < -0.4 is 10.6 Å². The Hall–Kier alpha value is -1.51. The Labute approximate surface area is 97.2 Å². The van der Waals surface area contributed by atoms with E-state index in [1.807, 2.05) is 52.0 Å². The number of aryl methyl sites for hydroxylation is 1. The van der Waals surface area contributed by atoms with Crippen LogP contribution in [0.25, 0.3) is 0 Å². The molecule has 0 fully saturated rings. The molecule has 1 rings (SSSR count). The van der Waals surface area contributed by atoms with Crippen LogP contribution in [0.5, 0.6) is 0 Å². The number of benzene rings is 1. The van der Waals surface area contributed by atoms with E-state index in [0.717, 1.165) is 5.69 Å². The summed E-state index contributed by atoms with van der Waals surface area (Å²) in [5.74, 6) is 0.0245. The van der Waals surface area contributed by atoms with Gasteiger partial charge in [0.25, 0.3) is 0 Å². The van der Waals surface area contributed by atoms with Gasteiger partial charge in [-0.15, -0.1) is 0 Å². The number of carbonyl (C=O) groups excluding carboxylic acids is 1. The Morgan fingerprint density at radius 2 is 1.94 bits per heavy atom. The predicted molar refractivity (Wildman–Crippen MR) is 67.5 cm³/mol. The minimum absolute atomic E-state index is 0.0245. The van der Waals surface area contributed by atoms with Crippen LogP contribution in [0, 0.1) is 6.92 Å². The van der Waals surface area contributed by atoms with Gasteiger partial charge in [0.2, 0.25) is 5.91 Å². The second-order valence-corrected chi connectivity index (χ2v) is 4.40. The molecule has 0 saturated carbocycles. The van der Waals surface area contributed by atoms with E-state index >= 15 is 0 Å². The summed E-state index contributed by atoms with van der Waals surface area (Å²) >= 11 is 0. The number of anilines is 1. The van der Waals surface area contributed by atoms with Crippen molar-refractivity contribution < 1.29 is 4.79 Å². The van der Waals surface area contributed by atoms with E-state index in [1.54, 1.807) is 0 Å². The van der Waals surface area contributed by atoms with Crippen molar-refractivity contribution in [2.45, 2.75) is 39.8 Å². The third-order valence-electron chi connectivity index (χ3n) is 2.23. The second kappa shape index (κ2) is 5.54. The van der Waals surface area contributed by atoms with Gasteiger partial charge in [-0.2, -0.15) is 0 Å². The highest BCUT2D eigenvalue weighted by Gasteiger charge is 2.12. The van der Waals surface area contributed by atoms with Crippen LogP contribution in [0.3, 0.4) is 0 Å². The summed E-state index contributed by atoms with van der Waals surface area (Å²) < 4.78 is 0. The topological polar surface area (TPSA) is 41.1 Å². The van der Waals surface area contributed by atoms with E-state index in [1.165, 1.54) is 5.56 Å². The van der Waals surface area contributed by atoms with E-state index < -0.39 is 0 Å². The molecule has 1 unspecified atom stereocenters. The summed E-state index contributed by atoms with van der Waals surface area (Å²) in [5, 5.41) is 6.05. The molecule has 16 heavy (non-hydrogen) atoms. The number of amides is 1. The van der Waals surface area contributed by atoms with Crippen molar-refractivity contribution in [1.29, 1.82) is 0 Å². The first-order valence-electron chi connectivity index (χ1n) is 5.62. The van der Waals surface area contributed by atoms with Gasteiger partial charge in [-0.3, -0.25) is 4.79 Å². The van der Waals surface area contributed by atoms with Crippen LogP contribution in [0.15, 0.2) is 24.3 Å². The van der Waals surface area contributed by atoms with Gasteiger partial charge in [-0.05, 0) is 45.4 Å². The van der Waals surface area contributed by atoms with Gasteiger partial charge in [0.1, 0.15) is 6.04 Å². The SMILES string of the molecule is Cc1cccc(NC(C)C(=O)NC(C)C)c1. The fraction of sp³-hybridized carbons (Fsp3) is 0.462. The van der Waals surface area contributed by atoms with Gasteiger partial charge in [-0.25, -0.2) is 0 Å². The van der Waals surface area contributed by atoms with E-state index in [4.69, 9.17) is 0 Å². The first-order valence-corrected chi connectivity index (χ1v) is 5.62. The standard InChI is InChI=1S/C13H20N2O/c1-9(2)14-13(16)11(4)15-12-7-5-6-10(3)8-12/h5-9,11,15H,1-4H3,(H,14,16). The van der Waals surface area contributed by atoms with Crippen LogP contribution in [0.4, 0.5) is 5.69 Å². The minimum atomic E-state index is -0.218. The zero-order valence-corrected chi connectivity index (χ0v) is 10.4. The number of hydrogen-bond donors (Lipinski definition) is 2. The molecular weight excluding hydrogens is 200 g/mol. The highest BCUT2D eigenvalue weighted by molar-refractivity contribution is 5.84. The third kappa shape index (κ3) is 3.93. The average Bonchev–Trinajstić information content (AvgIpc) is 2.16. The third-order valence-corrected chi connectivity index (χ3v) is 2.23. The monoisotopic (exact) mass is 220 g/mol. The Morgan fingerprint density at radius 3 is 2.50 bits per heavy atom. The highest BCUT2D eigenvalue weighted by Crippen LogP contribution is 2.10. The van der Waals surface area contributed by atoms with Crippen LogP contribution in [-0.4, -0.2) is 18.0 Å². The van der Waals surface area contributed by atoms with Crippen molar-refractivity contribution in [2.24, 2.45) is 0 Å². The molecule has 0 aliphatic carbocycles. The molecule has 1 atom stereocenters. The van der Waals surface area contributed by atoms with Gasteiger partial charge in [-0.1, -0.05) is 12.1 Å². The summed E-state index contributed by atoms with van der Waals surface area (Å²) in [6.45, 7) is 7.80. The Bertz CT molecular complexity index is 361. The smallest absolute Gasteiger partial charge is 0.242 e. The molecule has 0 aliphatic rings. The average molecular weight is 220 g/mol. The number of rotatable bonds is 4. The molecule has 3 heteroatoms. The van der Waals surface area contributed by atoms with Crippen LogP contribution in [-0.2, 0) is 4.79 Å². The molecule has 1 aromatic rings. The second-order valence-electron chi connectivity index (χ2n) is 4.40. The number of carbonyl (C=O) groups is 1. The van der Waals surface area contributed by atoms with Crippen molar-refractivity contribution >= 4 is 11.6 Å². The molecule has 0 saturated heterocycles. The van der Waals surface area contributed by atoms with E-state index in [-0.39, 0.29) is 18.0 Å². The fourth-order valence-corrected chi connectivity index (χ4v) is 1.46. The molecule has 0 heterocycles. The fourth-order valence-electron chi connectivity index (χ4n) is 1.46. The first kappa shape index (κ1) is 12.6. The summed E-state index contributed by atoms with van der Waals surface area (Å²) in [6, 6.07) is 7.96. The summed E-state index contributed by atoms with van der Waals surface area (Å²) in [7, 11) is 0. The zero-order valence-electron chi connectivity index (χ0n) is 10.4. The predicted octanol–water partition coefficient (Wildman–Crippen LogP) is 2.32. The van der Waals surface area contributed by atoms with Gasteiger partial charge in [0, 0.05) is 11.7 Å². The maximum absolute atomic E-state index is 11.7. The first-order chi connectivity index (χ1) is 7.49. The Kier molecular flexibility index (Phi) is 4.35. The lowest BCUT2D eigenvalue weighted by molar-refractivity contribution is -0.122. The molecule has 1 amide bonds. The molecule has 0 bridgehead atoms. The largest absolute Gasteiger partial charge is 0.374 e.